The third-order valence-electron chi connectivity index (χ3n) is 7.47. The van der Waals surface area contributed by atoms with Crippen molar-refractivity contribution < 1.29 is 42.5 Å². The third kappa shape index (κ3) is 9.30. The highest BCUT2D eigenvalue weighted by atomic mass is 19.1. The molecule has 1 unspecified atom stereocenters. The standard InChI is InChI=1S/C37H39FO8/c1-24(2)35(39)44-21-9-20-42-28-11-13-29(14-12-28)46-37(41)27-10-16-31-32-17-15-30(23-34(32)25(3)33(31)22-27)43-18-7-5-6-8-19-45-36(40)26(4)38/h10-17,22-23,25H,1,4-9,18-21H2,2-3H3. The molecule has 242 valence electrons. The van der Waals surface area contributed by atoms with Crippen molar-refractivity contribution in [1.82, 2.24) is 0 Å². The van der Waals surface area contributed by atoms with E-state index in [4.69, 9.17) is 23.7 Å². The van der Waals surface area contributed by atoms with Crippen LogP contribution in [0.4, 0.5) is 4.39 Å². The molecule has 9 heteroatoms. The minimum atomic E-state index is -1.08. The van der Waals surface area contributed by atoms with Crippen molar-refractivity contribution in [3.63, 3.8) is 0 Å². The lowest BCUT2D eigenvalue weighted by molar-refractivity contribution is -0.141. The first kappa shape index (κ1) is 34.0. The molecule has 0 aliphatic heterocycles. The predicted octanol–water partition coefficient (Wildman–Crippen LogP) is 7.89. The Kier molecular flexibility index (Phi) is 12.1. The Labute approximate surface area is 268 Å². The maximum absolute atomic E-state index is 13.0. The molecule has 0 radical (unpaired) electrons. The summed E-state index contributed by atoms with van der Waals surface area (Å²) in [5.41, 5.74) is 5.21. The summed E-state index contributed by atoms with van der Waals surface area (Å²) in [6, 6.07) is 18.5. The molecular weight excluding hydrogens is 591 g/mol. The molecular formula is C37H39FO8. The van der Waals surface area contributed by atoms with E-state index in [0.29, 0.717) is 48.7 Å². The van der Waals surface area contributed by atoms with Gasteiger partial charge in [0.15, 0.2) is 0 Å². The lowest BCUT2D eigenvalue weighted by Crippen LogP contribution is -2.10. The molecule has 1 atom stereocenters. The fraction of sp³-hybridized carbons (Fsp3) is 0.324. The van der Waals surface area contributed by atoms with Crippen LogP contribution in [0.3, 0.4) is 0 Å². The van der Waals surface area contributed by atoms with Crippen LogP contribution in [0.2, 0.25) is 0 Å². The SMILES string of the molecule is C=C(C)C(=O)OCCCOc1ccc(OC(=O)c2ccc3c(c2)C(C)c2cc(OCCCCCCOC(=O)C(=C)F)ccc2-3)cc1. The lowest BCUT2D eigenvalue weighted by Gasteiger charge is -2.11. The van der Waals surface area contributed by atoms with Gasteiger partial charge >= 0.3 is 17.9 Å². The van der Waals surface area contributed by atoms with Gasteiger partial charge in [-0.05, 0) is 103 Å². The molecule has 46 heavy (non-hydrogen) atoms. The number of hydrogen-bond acceptors (Lipinski definition) is 8. The van der Waals surface area contributed by atoms with Gasteiger partial charge in [-0.1, -0.05) is 32.2 Å². The molecule has 0 N–H and O–H groups in total. The van der Waals surface area contributed by atoms with E-state index in [0.717, 1.165) is 47.3 Å². The van der Waals surface area contributed by atoms with Gasteiger partial charge in [0.25, 0.3) is 0 Å². The largest absolute Gasteiger partial charge is 0.494 e. The van der Waals surface area contributed by atoms with Gasteiger partial charge in [0, 0.05) is 17.9 Å². The summed E-state index contributed by atoms with van der Waals surface area (Å²) < 4.78 is 39.7. The number of fused-ring (bicyclic) bond motifs is 3. The Hall–Kier alpha value is -4.92. The minimum Gasteiger partial charge on any atom is -0.494 e. The normalized spacial score (nSPS) is 12.8. The van der Waals surface area contributed by atoms with Crippen LogP contribution in [-0.4, -0.2) is 44.3 Å². The highest BCUT2D eigenvalue weighted by Crippen LogP contribution is 2.46. The van der Waals surface area contributed by atoms with Crippen molar-refractivity contribution in [3.8, 4) is 28.4 Å². The monoisotopic (exact) mass is 630 g/mol. The zero-order valence-electron chi connectivity index (χ0n) is 26.3. The van der Waals surface area contributed by atoms with Gasteiger partial charge in [-0.2, -0.15) is 4.39 Å². The Bertz CT molecular complexity index is 1580. The molecule has 0 saturated heterocycles. The van der Waals surface area contributed by atoms with Crippen molar-refractivity contribution in [2.45, 2.75) is 51.9 Å². The molecule has 4 rings (SSSR count). The quantitative estimate of drug-likeness (QED) is 0.0643. The summed E-state index contributed by atoms with van der Waals surface area (Å²) in [6.45, 7) is 11.5. The van der Waals surface area contributed by atoms with Gasteiger partial charge in [-0.3, -0.25) is 0 Å². The van der Waals surface area contributed by atoms with Crippen molar-refractivity contribution in [2.24, 2.45) is 0 Å². The van der Waals surface area contributed by atoms with E-state index in [9.17, 15) is 18.8 Å². The van der Waals surface area contributed by atoms with Crippen LogP contribution in [-0.2, 0) is 19.1 Å². The smallest absolute Gasteiger partial charge is 0.366 e. The Morgan fingerprint density at radius 2 is 1.22 bits per heavy atom. The summed E-state index contributed by atoms with van der Waals surface area (Å²) in [4.78, 5) is 35.5. The molecule has 0 amide bonds. The molecule has 1 aliphatic rings. The molecule has 3 aromatic rings. The highest BCUT2D eigenvalue weighted by molar-refractivity contribution is 5.93. The number of hydrogen-bond donors (Lipinski definition) is 0. The van der Waals surface area contributed by atoms with Gasteiger partial charge < -0.3 is 23.7 Å². The van der Waals surface area contributed by atoms with E-state index in [-0.39, 0.29) is 19.1 Å². The van der Waals surface area contributed by atoms with Crippen LogP contribution >= 0.6 is 0 Å². The van der Waals surface area contributed by atoms with Crippen LogP contribution < -0.4 is 14.2 Å². The van der Waals surface area contributed by atoms with Gasteiger partial charge in [0.05, 0.1) is 32.0 Å². The zero-order chi connectivity index (χ0) is 33.1. The van der Waals surface area contributed by atoms with Crippen LogP contribution in [0.5, 0.6) is 17.2 Å². The third-order valence-corrected chi connectivity index (χ3v) is 7.47. The van der Waals surface area contributed by atoms with Crippen molar-refractivity contribution >= 4 is 17.9 Å². The number of esters is 3. The Morgan fingerprint density at radius 1 is 0.674 bits per heavy atom. The first-order valence-corrected chi connectivity index (χ1v) is 15.3. The summed E-state index contributed by atoms with van der Waals surface area (Å²) in [7, 11) is 0. The second-order valence-electron chi connectivity index (χ2n) is 11.1. The second kappa shape index (κ2) is 16.4. The van der Waals surface area contributed by atoms with E-state index in [1.54, 1.807) is 37.3 Å². The average molecular weight is 631 g/mol. The van der Waals surface area contributed by atoms with E-state index in [1.807, 2.05) is 18.2 Å². The van der Waals surface area contributed by atoms with E-state index < -0.39 is 23.7 Å². The van der Waals surface area contributed by atoms with Crippen molar-refractivity contribution in [1.29, 1.82) is 0 Å². The number of halogens is 1. The molecule has 3 aromatic carbocycles. The number of carbonyl (C=O) groups is 3. The fourth-order valence-corrected chi connectivity index (χ4v) is 4.99. The predicted molar refractivity (Wildman–Crippen MR) is 172 cm³/mol. The molecule has 1 aliphatic carbocycles. The first-order chi connectivity index (χ1) is 22.1. The lowest BCUT2D eigenvalue weighted by atomic mass is 9.98. The van der Waals surface area contributed by atoms with Crippen molar-refractivity contribution in [3.05, 3.63) is 102 Å². The number of rotatable bonds is 17. The summed E-state index contributed by atoms with van der Waals surface area (Å²) in [5.74, 6) is -1.08. The molecule has 0 saturated carbocycles. The fourth-order valence-electron chi connectivity index (χ4n) is 4.99. The topological polar surface area (TPSA) is 97.4 Å². The van der Waals surface area contributed by atoms with E-state index in [1.165, 1.54) is 0 Å². The Balaban J connectivity index is 1.23. The van der Waals surface area contributed by atoms with Crippen LogP contribution in [0, 0.1) is 0 Å². The summed E-state index contributed by atoms with van der Waals surface area (Å²) >= 11 is 0. The number of ether oxygens (including phenoxy) is 5. The van der Waals surface area contributed by atoms with E-state index >= 15 is 0 Å². The molecule has 0 spiro atoms. The molecule has 0 fully saturated rings. The zero-order valence-corrected chi connectivity index (χ0v) is 26.3. The molecule has 0 bridgehead atoms. The number of unbranched alkanes of at least 4 members (excludes halogenated alkanes) is 3. The van der Waals surface area contributed by atoms with Crippen LogP contribution in [0.15, 0.2) is 85.2 Å². The molecule has 0 aromatic heterocycles. The summed E-state index contributed by atoms with van der Waals surface area (Å²) in [6.07, 6.45) is 3.77. The molecule has 0 heterocycles. The van der Waals surface area contributed by atoms with Crippen LogP contribution in [0.25, 0.3) is 11.1 Å². The van der Waals surface area contributed by atoms with Gasteiger partial charge in [-0.15, -0.1) is 0 Å². The van der Waals surface area contributed by atoms with E-state index in [2.05, 4.69) is 32.2 Å². The summed E-state index contributed by atoms with van der Waals surface area (Å²) in [5, 5.41) is 0. The second-order valence-corrected chi connectivity index (χ2v) is 11.1. The Morgan fingerprint density at radius 3 is 1.91 bits per heavy atom. The maximum atomic E-state index is 13.0. The number of carbonyl (C=O) groups excluding carboxylic acids is 3. The highest BCUT2D eigenvalue weighted by Gasteiger charge is 2.27. The first-order valence-electron chi connectivity index (χ1n) is 15.3. The number of benzene rings is 3. The maximum Gasteiger partial charge on any atom is 0.366 e. The van der Waals surface area contributed by atoms with Gasteiger partial charge in [0.2, 0.25) is 5.83 Å². The minimum absolute atomic E-state index is 0.0742. The van der Waals surface area contributed by atoms with Gasteiger partial charge in [-0.25, -0.2) is 14.4 Å². The van der Waals surface area contributed by atoms with Crippen molar-refractivity contribution in [2.75, 3.05) is 26.4 Å². The molecule has 8 nitrogen and oxygen atoms in total. The average Bonchev–Trinajstić information content (AvgIpc) is 3.32. The van der Waals surface area contributed by atoms with Crippen LogP contribution in [0.1, 0.15) is 73.4 Å². The van der Waals surface area contributed by atoms with Gasteiger partial charge in [0.1, 0.15) is 17.2 Å².